The lowest BCUT2D eigenvalue weighted by Crippen LogP contribution is -2.09. The van der Waals surface area contributed by atoms with Crippen molar-refractivity contribution in [2.45, 2.75) is 6.92 Å². The van der Waals surface area contributed by atoms with Crippen LogP contribution in [0.1, 0.15) is 27.0 Å². The van der Waals surface area contributed by atoms with Crippen LogP contribution in [0, 0.1) is 6.92 Å². The van der Waals surface area contributed by atoms with E-state index in [9.17, 15) is 9.59 Å². The second-order valence-electron chi connectivity index (χ2n) is 6.59. The summed E-state index contributed by atoms with van der Waals surface area (Å²) >= 11 is 6.14. The molecule has 0 fully saturated rings. The molecule has 3 aromatic carbocycles. The standard InChI is InChI=1S/C24H16ClNO4/c1-15-6-2-3-7-18(15)23(27)29-17-12-10-16(11-13-17)14-21-24(28)30-22(26-21)19-8-4-5-9-20(19)25/h2-14H,1H3/b21-14-. The Bertz CT molecular complexity index is 1200. The Morgan fingerprint density at radius 3 is 2.43 bits per heavy atom. The fraction of sp³-hybridized carbons (Fsp3) is 0.0417. The molecule has 0 atom stereocenters. The third kappa shape index (κ3) is 4.16. The van der Waals surface area contributed by atoms with Gasteiger partial charge in [-0.3, -0.25) is 0 Å². The maximum Gasteiger partial charge on any atom is 0.363 e. The van der Waals surface area contributed by atoms with Crippen LogP contribution in [0.2, 0.25) is 5.02 Å². The molecule has 4 rings (SSSR count). The van der Waals surface area contributed by atoms with E-state index in [1.54, 1.807) is 66.7 Å². The molecular formula is C24H16ClNO4. The van der Waals surface area contributed by atoms with E-state index in [1.165, 1.54) is 0 Å². The lowest BCUT2D eigenvalue weighted by molar-refractivity contribution is -0.129. The van der Waals surface area contributed by atoms with Crippen LogP contribution in [0.3, 0.4) is 0 Å². The highest BCUT2D eigenvalue weighted by Crippen LogP contribution is 2.24. The average molecular weight is 418 g/mol. The zero-order valence-corrected chi connectivity index (χ0v) is 16.7. The molecule has 0 aromatic heterocycles. The molecular weight excluding hydrogens is 402 g/mol. The third-order valence-electron chi connectivity index (χ3n) is 4.48. The van der Waals surface area contributed by atoms with Crippen molar-refractivity contribution in [1.82, 2.24) is 0 Å². The van der Waals surface area contributed by atoms with Gasteiger partial charge in [-0.2, -0.15) is 0 Å². The second kappa shape index (κ2) is 8.35. The van der Waals surface area contributed by atoms with Gasteiger partial charge in [0.1, 0.15) is 5.75 Å². The number of nitrogens with zero attached hydrogens (tertiary/aromatic N) is 1. The van der Waals surface area contributed by atoms with Gasteiger partial charge in [-0.15, -0.1) is 0 Å². The molecule has 0 N–H and O–H groups in total. The SMILES string of the molecule is Cc1ccccc1C(=O)Oc1ccc(/C=C2\N=C(c3ccccc3Cl)OC2=O)cc1. The van der Waals surface area contributed by atoms with Gasteiger partial charge in [-0.25, -0.2) is 14.6 Å². The maximum atomic E-state index is 12.3. The summed E-state index contributed by atoms with van der Waals surface area (Å²) in [6.07, 6.45) is 1.60. The predicted octanol–water partition coefficient (Wildman–Crippen LogP) is 5.21. The highest BCUT2D eigenvalue weighted by molar-refractivity contribution is 6.34. The number of cyclic esters (lactones) is 1. The summed E-state index contributed by atoms with van der Waals surface area (Å²) in [5.74, 6) is -0.409. The lowest BCUT2D eigenvalue weighted by Gasteiger charge is -2.06. The monoisotopic (exact) mass is 417 g/mol. The zero-order chi connectivity index (χ0) is 21.1. The number of hydrogen-bond acceptors (Lipinski definition) is 5. The molecule has 0 bridgehead atoms. The minimum atomic E-state index is -0.556. The van der Waals surface area contributed by atoms with Crippen LogP contribution in [-0.2, 0) is 9.53 Å². The first-order chi connectivity index (χ1) is 14.5. The number of aliphatic imine (C=N–C) groups is 1. The fourth-order valence-corrected chi connectivity index (χ4v) is 3.13. The van der Waals surface area contributed by atoms with E-state index in [2.05, 4.69) is 4.99 Å². The Morgan fingerprint density at radius 1 is 1.00 bits per heavy atom. The molecule has 0 unspecified atom stereocenters. The van der Waals surface area contributed by atoms with E-state index in [0.717, 1.165) is 5.56 Å². The van der Waals surface area contributed by atoms with Crippen molar-refractivity contribution >= 4 is 35.5 Å². The van der Waals surface area contributed by atoms with E-state index in [1.807, 2.05) is 19.1 Å². The van der Waals surface area contributed by atoms with E-state index in [4.69, 9.17) is 21.1 Å². The van der Waals surface area contributed by atoms with Crippen LogP contribution < -0.4 is 4.74 Å². The van der Waals surface area contributed by atoms with Crippen LogP contribution >= 0.6 is 11.6 Å². The van der Waals surface area contributed by atoms with E-state index in [-0.39, 0.29) is 11.6 Å². The number of halogens is 1. The maximum absolute atomic E-state index is 12.3. The molecule has 3 aromatic rings. The molecule has 148 valence electrons. The molecule has 1 heterocycles. The number of carbonyl (C=O) groups excluding carboxylic acids is 2. The number of rotatable bonds is 4. The summed E-state index contributed by atoms with van der Waals surface area (Å²) in [7, 11) is 0. The van der Waals surface area contributed by atoms with E-state index in [0.29, 0.717) is 27.5 Å². The van der Waals surface area contributed by atoms with Crippen LogP contribution in [0.25, 0.3) is 6.08 Å². The summed E-state index contributed by atoms with van der Waals surface area (Å²) in [5, 5.41) is 0.449. The summed E-state index contributed by atoms with van der Waals surface area (Å²) in [6.45, 7) is 1.85. The van der Waals surface area contributed by atoms with Gasteiger partial charge in [0.15, 0.2) is 5.70 Å². The Balaban J connectivity index is 1.51. The smallest absolute Gasteiger partial charge is 0.363 e. The zero-order valence-electron chi connectivity index (χ0n) is 16.0. The van der Waals surface area contributed by atoms with Gasteiger partial charge >= 0.3 is 11.9 Å². The molecule has 0 amide bonds. The Hall–Kier alpha value is -3.70. The molecule has 0 saturated carbocycles. The summed E-state index contributed by atoms with van der Waals surface area (Å²) in [4.78, 5) is 28.7. The molecule has 6 heteroatoms. The Morgan fingerprint density at radius 2 is 1.70 bits per heavy atom. The summed E-state index contributed by atoms with van der Waals surface area (Å²) in [6, 6.07) is 21.0. The quantitative estimate of drug-likeness (QED) is 0.332. The van der Waals surface area contributed by atoms with Crippen molar-refractivity contribution in [2.24, 2.45) is 4.99 Å². The number of ether oxygens (including phenoxy) is 2. The normalized spacial score (nSPS) is 14.4. The van der Waals surface area contributed by atoms with Gasteiger partial charge in [-0.05, 0) is 54.5 Å². The minimum Gasteiger partial charge on any atom is -0.423 e. The average Bonchev–Trinajstić information content (AvgIpc) is 3.10. The number of carbonyl (C=O) groups is 2. The molecule has 0 saturated heterocycles. The number of esters is 2. The first-order valence-electron chi connectivity index (χ1n) is 9.16. The van der Waals surface area contributed by atoms with E-state index < -0.39 is 11.9 Å². The van der Waals surface area contributed by atoms with Crippen LogP contribution in [0.5, 0.6) is 5.75 Å². The van der Waals surface area contributed by atoms with Crippen molar-refractivity contribution in [2.75, 3.05) is 0 Å². The highest BCUT2D eigenvalue weighted by Gasteiger charge is 2.25. The Labute approximate surface area is 178 Å². The summed E-state index contributed by atoms with van der Waals surface area (Å²) < 4.78 is 10.7. The topological polar surface area (TPSA) is 65.0 Å². The largest absolute Gasteiger partial charge is 0.423 e. The molecule has 1 aliphatic heterocycles. The molecule has 0 spiro atoms. The predicted molar refractivity (Wildman–Crippen MR) is 115 cm³/mol. The molecule has 30 heavy (non-hydrogen) atoms. The first-order valence-corrected chi connectivity index (χ1v) is 9.54. The number of hydrogen-bond donors (Lipinski definition) is 0. The number of aryl methyl sites for hydroxylation is 1. The van der Waals surface area contributed by atoms with Crippen molar-refractivity contribution in [3.8, 4) is 5.75 Å². The van der Waals surface area contributed by atoms with Crippen LogP contribution in [0.4, 0.5) is 0 Å². The van der Waals surface area contributed by atoms with Crippen LogP contribution in [-0.4, -0.2) is 17.8 Å². The van der Waals surface area contributed by atoms with Gasteiger partial charge in [0.2, 0.25) is 5.90 Å². The Kier molecular flexibility index (Phi) is 5.46. The highest BCUT2D eigenvalue weighted by atomic mass is 35.5. The minimum absolute atomic E-state index is 0.162. The van der Waals surface area contributed by atoms with Crippen molar-refractivity contribution in [1.29, 1.82) is 0 Å². The van der Waals surface area contributed by atoms with Gasteiger partial charge in [0.25, 0.3) is 0 Å². The van der Waals surface area contributed by atoms with Gasteiger partial charge < -0.3 is 9.47 Å². The first kappa shape index (κ1) is 19.6. The third-order valence-corrected chi connectivity index (χ3v) is 4.81. The molecule has 1 aliphatic rings. The van der Waals surface area contributed by atoms with Gasteiger partial charge in [0.05, 0.1) is 16.1 Å². The summed E-state index contributed by atoms with van der Waals surface area (Å²) in [5.41, 5.74) is 2.78. The second-order valence-corrected chi connectivity index (χ2v) is 7.00. The van der Waals surface area contributed by atoms with Gasteiger partial charge in [0, 0.05) is 0 Å². The van der Waals surface area contributed by atoms with Crippen molar-refractivity contribution in [3.05, 3.63) is 106 Å². The molecule has 0 aliphatic carbocycles. The molecule has 5 nitrogen and oxygen atoms in total. The van der Waals surface area contributed by atoms with Gasteiger partial charge in [-0.1, -0.05) is 54.1 Å². The number of benzene rings is 3. The lowest BCUT2D eigenvalue weighted by atomic mass is 10.1. The van der Waals surface area contributed by atoms with E-state index >= 15 is 0 Å². The van der Waals surface area contributed by atoms with Crippen molar-refractivity contribution in [3.63, 3.8) is 0 Å². The fourth-order valence-electron chi connectivity index (χ4n) is 2.91. The van der Waals surface area contributed by atoms with Crippen LogP contribution in [0.15, 0.2) is 83.5 Å². The molecule has 0 radical (unpaired) electrons. The van der Waals surface area contributed by atoms with Crippen molar-refractivity contribution < 1.29 is 19.1 Å².